The summed E-state index contributed by atoms with van der Waals surface area (Å²) in [5.41, 5.74) is 0.476. The van der Waals surface area contributed by atoms with Gasteiger partial charge < -0.3 is 14.0 Å². The number of aromatic nitrogens is 1. The molecule has 0 N–H and O–H groups in total. The number of ketones is 1. The van der Waals surface area contributed by atoms with Crippen LogP contribution < -0.4 is 0 Å². The van der Waals surface area contributed by atoms with Crippen LogP contribution in [0.5, 0.6) is 0 Å². The fourth-order valence-corrected chi connectivity index (χ4v) is 1.41. The van der Waals surface area contributed by atoms with E-state index in [4.69, 9.17) is 9.47 Å². The molecule has 0 aliphatic heterocycles. The van der Waals surface area contributed by atoms with Gasteiger partial charge in [-0.15, -0.1) is 0 Å². The predicted octanol–water partition coefficient (Wildman–Crippen LogP) is 2.04. The molecule has 0 aliphatic rings. The number of rotatable bonds is 7. The fourth-order valence-electron chi connectivity index (χ4n) is 1.41. The Morgan fingerprint density at radius 3 is 2.71 bits per heavy atom. The van der Waals surface area contributed by atoms with Gasteiger partial charge >= 0.3 is 0 Å². The number of hydrogen-bond acceptors (Lipinski definition) is 3. The number of carbonyl (C=O) groups excluding carboxylic acids is 1. The maximum atomic E-state index is 11.7. The molecule has 0 atom stereocenters. The molecule has 0 saturated heterocycles. The maximum absolute atomic E-state index is 11.7. The molecule has 96 valence electrons. The molecule has 0 unspecified atom stereocenters. The van der Waals surface area contributed by atoms with E-state index in [1.165, 1.54) is 0 Å². The van der Waals surface area contributed by atoms with Crippen LogP contribution in [0.4, 0.5) is 0 Å². The Morgan fingerprint density at radius 2 is 2.18 bits per heavy atom. The molecular formula is C13H21NO3. The molecular weight excluding hydrogens is 218 g/mol. The molecule has 1 rings (SSSR count). The SMILES string of the molecule is COC(C)(C)CCOCC(=O)c1cccn1C. The first-order chi connectivity index (χ1) is 7.96. The third-order valence-electron chi connectivity index (χ3n) is 2.86. The van der Waals surface area contributed by atoms with Crippen LogP contribution in [-0.4, -0.2) is 36.3 Å². The zero-order chi connectivity index (χ0) is 12.9. The van der Waals surface area contributed by atoms with Crippen LogP contribution in [-0.2, 0) is 16.5 Å². The number of ether oxygens (including phenoxy) is 2. The van der Waals surface area contributed by atoms with Gasteiger partial charge in [0.05, 0.1) is 11.3 Å². The molecule has 0 spiro atoms. The molecule has 0 radical (unpaired) electrons. The highest BCUT2D eigenvalue weighted by molar-refractivity contribution is 5.95. The Balaban J connectivity index is 2.29. The summed E-state index contributed by atoms with van der Waals surface area (Å²) in [4.78, 5) is 11.7. The Kier molecular flexibility index (Phi) is 4.90. The van der Waals surface area contributed by atoms with E-state index in [1.807, 2.05) is 33.2 Å². The lowest BCUT2D eigenvalue weighted by Gasteiger charge is -2.22. The lowest BCUT2D eigenvalue weighted by atomic mass is 10.1. The molecule has 0 bridgehead atoms. The van der Waals surface area contributed by atoms with E-state index in [0.29, 0.717) is 12.3 Å². The molecule has 17 heavy (non-hydrogen) atoms. The maximum Gasteiger partial charge on any atom is 0.204 e. The van der Waals surface area contributed by atoms with Crippen LogP contribution in [0.25, 0.3) is 0 Å². The van der Waals surface area contributed by atoms with E-state index in [0.717, 1.165) is 6.42 Å². The van der Waals surface area contributed by atoms with Crippen LogP contribution in [0.15, 0.2) is 18.3 Å². The molecule has 4 nitrogen and oxygen atoms in total. The molecule has 1 heterocycles. The van der Waals surface area contributed by atoms with Crippen molar-refractivity contribution in [2.24, 2.45) is 7.05 Å². The summed E-state index contributed by atoms with van der Waals surface area (Å²) in [6.45, 7) is 4.64. The van der Waals surface area contributed by atoms with Crippen LogP contribution in [0.1, 0.15) is 30.8 Å². The van der Waals surface area contributed by atoms with Crippen LogP contribution in [0.3, 0.4) is 0 Å². The third kappa shape index (κ3) is 4.32. The van der Waals surface area contributed by atoms with Crippen molar-refractivity contribution in [1.29, 1.82) is 0 Å². The third-order valence-corrected chi connectivity index (χ3v) is 2.86. The quantitative estimate of drug-likeness (QED) is 0.540. The van der Waals surface area contributed by atoms with Crippen molar-refractivity contribution in [3.63, 3.8) is 0 Å². The van der Waals surface area contributed by atoms with Gasteiger partial charge in [-0.2, -0.15) is 0 Å². The summed E-state index contributed by atoms with van der Waals surface area (Å²) in [6, 6.07) is 3.64. The van der Waals surface area contributed by atoms with Gasteiger partial charge in [-0.1, -0.05) is 0 Å². The standard InChI is InChI=1S/C13H21NO3/c1-13(2,16-4)7-9-17-10-12(15)11-6-5-8-14(11)3/h5-6,8H,7,9-10H2,1-4H3. The van der Waals surface area contributed by atoms with E-state index in [2.05, 4.69) is 0 Å². The number of aryl methyl sites for hydroxylation is 1. The Bertz CT molecular complexity index is 368. The molecule has 1 aromatic rings. The second-order valence-electron chi connectivity index (χ2n) is 4.69. The lowest BCUT2D eigenvalue weighted by molar-refractivity contribution is -0.00843. The Labute approximate surface area is 103 Å². The second kappa shape index (κ2) is 5.98. The van der Waals surface area contributed by atoms with E-state index in [1.54, 1.807) is 17.7 Å². The average Bonchev–Trinajstić information content (AvgIpc) is 2.71. The van der Waals surface area contributed by atoms with E-state index >= 15 is 0 Å². The summed E-state index contributed by atoms with van der Waals surface area (Å²) in [6.07, 6.45) is 2.62. The number of nitrogens with zero attached hydrogens (tertiary/aromatic N) is 1. The van der Waals surface area contributed by atoms with Gasteiger partial charge in [-0.05, 0) is 32.4 Å². The highest BCUT2D eigenvalue weighted by Crippen LogP contribution is 2.12. The summed E-state index contributed by atoms with van der Waals surface area (Å²) < 4.78 is 12.4. The van der Waals surface area contributed by atoms with Crippen molar-refractivity contribution >= 4 is 5.78 Å². The van der Waals surface area contributed by atoms with Gasteiger partial charge in [0.1, 0.15) is 6.61 Å². The van der Waals surface area contributed by atoms with Crippen molar-refractivity contribution < 1.29 is 14.3 Å². The predicted molar refractivity (Wildman–Crippen MR) is 66.3 cm³/mol. The van der Waals surface area contributed by atoms with Gasteiger partial charge in [0.15, 0.2) is 0 Å². The summed E-state index contributed by atoms with van der Waals surface area (Å²) in [5.74, 6) is 0.00715. The molecule has 0 aromatic carbocycles. The van der Waals surface area contributed by atoms with Gasteiger partial charge in [0.25, 0.3) is 0 Å². The van der Waals surface area contributed by atoms with E-state index in [9.17, 15) is 4.79 Å². The van der Waals surface area contributed by atoms with Crippen molar-refractivity contribution in [2.45, 2.75) is 25.9 Å². The van der Waals surface area contributed by atoms with Crippen molar-refractivity contribution in [3.8, 4) is 0 Å². The van der Waals surface area contributed by atoms with Crippen LogP contribution in [0, 0.1) is 0 Å². The fraction of sp³-hybridized carbons (Fsp3) is 0.615. The number of methoxy groups -OCH3 is 1. The summed E-state index contributed by atoms with van der Waals surface area (Å²) >= 11 is 0. The zero-order valence-electron chi connectivity index (χ0n) is 11.0. The molecule has 0 aliphatic carbocycles. The van der Waals surface area contributed by atoms with Crippen LogP contribution in [0.2, 0.25) is 0 Å². The zero-order valence-corrected chi connectivity index (χ0v) is 11.0. The average molecular weight is 239 g/mol. The van der Waals surface area contributed by atoms with Gasteiger partial charge in [-0.25, -0.2) is 0 Å². The van der Waals surface area contributed by atoms with Crippen molar-refractivity contribution in [3.05, 3.63) is 24.0 Å². The van der Waals surface area contributed by atoms with E-state index in [-0.39, 0.29) is 18.0 Å². The smallest absolute Gasteiger partial charge is 0.204 e. The first kappa shape index (κ1) is 13.9. The lowest BCUT2D eigenvalue weighted by Crippen LogP contribution is -2.25. The van der Waals surface area contributed by atoms with E-state index < -0.39 is 0 Å². The second-order valence-corrected chi connectivity index (χ2v) is 4.69. The number of carbonyl (C=O) groups is 1. The molecule has 0 saturated carbocycles. The van der Waals surface area contributed by atoms with Gasteiger partial charge in [-0.3, -0.25) is 4.79 Å². The topological polar surface area (TPSA) is 40.5 Å². The van der Waals surface area contributed by atoms with Gasteiger partial charge in [0.2, 0.25) is 5.78 Å². The monoisotopic (exact) mass is 239 g/mol. The van der Waals surface area contributed by atoms with Crippen LogP contribution >= 0.6 is 0 Å². The largest absolute Gasteiger partial charge is 0.379 e. The highest BCUT2D eigenvalue weighted by Gasteiger charge is 2.16. The Hall–Kier alpha value is -1.13. The molecule has 4 heteroatoms. The summed E-state index contributed by atoms with van der Waals surface area (Å²) in [7, 11) is 3.52. The summed E-state index contributed by atoms with van der Waals surface area (Å²) in [5, 5.41) is 0. The first-order valence-corrected chi connectivity index (χ1v) is 5.74. The van der Waals surface area contributed by atoms with Gasteiger partial charge in [0, 0.05) is 27.0 Å². The molecule has 0 fully saturated rings. The minimum absolute atomic E-state index is 0.00715. The number of Topliss-reactive ketones (excluding diaryl/α,β-unsaturated/α-hetero) is 1. The molecule has 0 amide bonds. The first-order valence-electron chi connectivity index (χ1n) is 5.74. The van der Waals surface area contributed by atoms with Crippen molar-refractivity contribution in [2.75, 3.05) is 20.3 Å². The minimum Gasteiger partial charge on any atom is -0.379 e. The minimum atomic E-state index is -0.200. The highest BCUT2D eigenvalue weighted by atomic mass is 16.5. The molecule has 1 aromatic heterocycles. The number of hydrogen-bond donors (Lipinski definition) is 0. The van der Waals surface area contributed by atoms with Crippen molar-refractivity contribution in [1.82, 2.24) is 4.57 Å². The normalized spacial score (nSPS) is 11.8. The Morgan fingerprint density at radius 1 is 1.47 bits per heavy atom.